The van der Waals surface area contributed by atoms with E-state index in [2.05, 4.69) is 21.3 Å². The van der Waals surface area contributed by atoms with Crippen LogP contribution in [0.2, 0.25) is 0 Å². The molecule has 0 aromatic carbocycles. The summed E-state index contributed by atoms with van der Waals surface area (Å²) in [5.74, 6) is -3.67. The third-order valence-corrected chi connectivity index (χ3v) is 5.37. The van der Waals surface area contributed by atoms with Gasteiger partial charge in [0, 0.05) is 13.1 Å². The molecule has 2 heterocycles. The maximum absolute atomic E-state index is 10.2. The number of hydrogen-bond acceptors (Lipinski definition) is 10. The van der Waals surface area contributed by atoms with Crippen molar-refractivity contribution in [1.29, 1.82) is 10.8 Å². The Balaban J connectivity index is 0. The van der Waals surface area contributed by atoms with Crippen LogP contribution in [-0.4, -0.2) is 107 Å². The van der Waals surface area contributed by atoms with Crippen LogP contribution in [0.25, 0.3) is 0 Å². The molecule has 18 N–H and O–H groups in total. The summed E-state index contributed by atoms with van der Waals surface area (Å²) >= 11 is 0. The molecule has 0 aromatic rings. The van der Waals surface area contributed by atoms with E-state index in [1.807, 2.05) is 0 Å². The maximum Gasteiger partial charge on any atom is 0.320 e. The highest BCUT2D eigenvalue weighted by molar-refractivity contribution is 5.75. The topological polar surface area (TPSA) is 349 Å². The first-order chi connectivity index (χ1) is 18.7. The van der Waals surface area contributed by atoms with Gasteiger partial charge in [0.15, 0.2) is 11.9 Å². The van der Waals surface area contributed by atoms with Gasteiger partial charge in [0.25, 0.3) is 0 Å². The van der Waals surface area contributed by atoms with Crippen LogP contribution in [0, 0.1) is 10.8 Å². The van der Waals surface area contributed by atoms with Crippen LogP contribution < -0.4 is 44.2 Å². The van der Waals surface area contributed by atoms with E-state index in [-0.39, 0.29) is 24.0 Å². The second-order valence-electron chi connectivity index (χ2n) is 8.83. The van der Waals surface area contributed by atoms with Crippen LogP contribution in [0.5, 0.6) is 0 Å². The molecule has 2 aliphatic rings. The summed E-state index contributed by atoms with van der Waals surface area (Å²) in [5, 5.41) is 57.8. The highest BCUT2D eigenvalue weighted by Gasteiger charge is 2.20. The zero-order chi connectivity index (χ0) is 31.1. The zero-order valence-electron chi connectivity index (χ0n) is 22.5. The van der Waals surface area contributed by atoms with Gasteiger partial charge in [0.2, 0.25) is 0 Å². The SMILES string of the molecule is N=C(N)NCCCC(N)C(=O)O.N=C(N)NCCCC(N)C(=O)O.O=C(O)[C@@H]1CCCN1.O=C(O)[C@@H]1CCCN1. The van der Waals surface area contributed by atoms with Crippen molar-refractivity contribution < 1.29 is 39.6 Å². The minimum absolute atomic E-state index is 0.112. The standard InChI is InChI=1S/2C6H14N4O2.2C5H9NO2/c2*7-4(5(11)12)2-1-3-10-6(8)9;2*7-5(8)4-2-1-3-6-4/h2*4H,1-3,7H2,(H,11,12)(H4,8,9,10);2*4,6H,1-3H2,(H,7,8)/t;;2*4-/m..00/s1. The molecule has 2 rings (SSSR count). The first-order valence-corrected chi connectivity index (χ1v) is 12.7. The predicted molar refractivity (Wildman–Crippen MR) is 147 cm³/mol. The fourth-order valence-corrected chi connectivity index (χ4v) is 3.13. The molecule has 18 nitrogen and oxygen atoms in total. The van der Waals surface area contributed by atoms with E-state index < -0.39 is 36.0 Å². The molecule has 0 amide bonds. The fraction of sp³-hybridized carbons (Fsp3) is 0.727. The largest absolute Gasteiger partial charge is 0.480 e. The summed E-state index contributed by atoms with van der Waals surface area (Å²) in [6.07, 6.45) is 5.52. The van der Waals surface area contributed by atoms with E-state index in [0.29, 0.717) is 38.8 Å². The molecule has 0 aliphatic carbocycles. The normalized spacial score (nSPS) is 18.6. The number of carbonyl (C=O) groups is 4. The van der Waals surface area contributed by atoms with Crippen molar-refractivity contribution in [3.05, 3.63) is 0 Å². The van der Waals surface area contributed by atoms with Crippen molar-refractivity contribution in [2.24, 2.45) is 22.9 Å². The van der Waals surface area contributed by atoms with E-state index in [0.717, 1.165) is 38.8 Å². The Labute approximate surface area is 232 Å². The molecule has 18 heteroatoms. The van der Waals surface area contributed by atoms with Crippen LogP contribution >= 0.6 is 0 Å². The lowest BCUT2D eigenvalue weighted by Crippen LogP contribution is -2.34. The van der Waals surface area contributed by atoms with Crippen LogP contribution in [0.15, 0.2) is 0 Å². The van der Waals surface area contributed by atoms with Gasteiger partial charge in [-0.05, 0) is 64.5 Å². The molecule has 0 aromatic heterocycles. The van der Waals surface area contributed by atoms with Crippen molar-refractivity contribution in [2.75, 3.05) is 26.2 Å². The van der Waals surface area contributed by atoms with Crippen molar-refractivity contribution in [1.82, 2.24) is 21.3 Å². The smallest absolute Gasteiger partial charge is 0.320 e. The quantitative estimate of drug-likeness (QED) is 0.0621. The Bertz CT molecular complexity index is 726. The van der Waals surface area contributed by atoms with Crippen LogP contribution in [0.4, 0.5) is 0 Å². The van der Waals surface area contributed by atoms with E-state index >= 15 is 0 Å². The summed E-state index contributed by atoms with van der Waals surface area (Å²) in [6.45, 7) is 2.68. The maximum atomic E-state index is 10.2. The van der Waals surface area contributed by atoms with Gasteiger partial charge in [-0.1, -0.05) is 0 Å². The van der Waals surface area contributed by atoms with E-state index in [1.165, 1.54) is 0 Å². The van der Waals surface area contributed by atoms with Gasteiger partial charge in [0.1, 0.15) is 24.2 Å². The van der Waals surface area contributed by atoms with E-state index in [9.17, 15) is 19.2 Å². The Morgan fingerprint density at radius 2 is 1.05 bits per heavy atom. The molecular weight excluding hydrogens is 532 g/mol. The molecule has 0 bridgehead atoms. The van der Waals surface area contributed by atoms with Crippen molar-refractivity contribution >= 4 is 35.8 Å². The molecule has 2 aliphatic heterocycles. The highest BCUT2D eigenvalue weighted by atomic mass is 16.4. The summed E-state index contributed by atoms with van der Waals surface area (Å²) < 4.78 is 0. The lowest BCUT2D eigenvalue weighted by atomic mass is 10.2. The second kappa shape index (κ2) is 23.2. The zero-order valence-corrected chi connectivity index (χ0v) is 22.5. The highest BCUT2D eigenvalue weighted by Crippen LogP contribution is 2.04. The minimum atomic E-state index is -1.00. The lowest BCUT2D eigenvalue weighted by Gasteiger charge is -2.06. The molecule has 2 fully saturated rings. The summed E-state index contributed by atoms with van der Waals surface area (Å²) in [4.78, 5) is 40.7. The summed E-state index contributed by atoms with van der Waals surface area (Å²) in [5.41, 5.74) is 20.4. The molecule has 40 heavy (non-hydrogen) atoms. The lowest BCUT2D eigenvalue weighted by molar-refractivity contribution is -0.140. The number of nitrogens with two attached hydrogens (primary N) is 4. The Morgan fingerprint density at radius 3 is 1.23 bits per heavy atom. The van der Waals surface area contributed by atoms with E-state index in [4.69, 9.17) is 54.2 Å². The first-order valence-electron chi connectivity index (χ1n) is 12.7. The number of guanidine groups is 2. The average molecular weight is 579 g/mol. The number of hydrogen-bond donors (Lipinski definition) is 14. The fourth-order valence-electron chi connectivity index (χ4n) is 3.13. The van der Waals surface area contributed by atoms with Gasteiger partial charge in [0.05, 0.1) is 0 Å². The molecule has 0 radical (unpaired) electrons. The third kappa shape index (κ3) is 23.4. The summed E-state index contributed by atoms with van der Waals surface area (Å²) in [6, 6.07) is -2.18. The number of aliphatic carboxylic acids is 4. The molecule has 2 saturated heterocycles. The number of rotatable bonds is 12. The molecule has 2 unspecified atom stereocenters. The Kier molecular flexibility index (Phi) is 22.3. The van der Waals surface area contributed by atoms with Crippen LogP contribution in [0.1, 0.15) is 51.4 Å². The second-order valence-corrected chi connectivity index (χ2v) is 8.83. The molecule has 4 atom stereocenters. The van der Waals surface area contributed by atoms with Crippen molar-refractivity contribution in [3.63, 3.8) is 0 Å². The van der Waals surface area contributed by atoms with Gasteiger partial charge in [-0.2, -0.15) is 0 Å². The third-order valence-electron chi connectivity index (χ3n) is 5.37. The van der Waals surface area contributed by atoms with Crippen LogP contribution in [-0.2, 0) is 19.2 Å². The van der Waals surface area contributed by atoms with E-state index in [1.54, 1.807) is 0 Å². The number of carboxylic acids is 4. The number of nitrogens with one attached hydrogen (secondary N) is 6. The molecule has 0 spiro atoms. The Morgan fingerprint density at radius 1 is 0.725 bits per heavy atom. The molecular formula is C22H46N10O8. The average Bonchev–Trinajstić information content (AvgIpc) is 3.60. The first kappa shape index (κ1) is 38.4. The minimum Gasteiger partial charge on any atom is -0.480 e. The van der Waals surface area contributed by atoms with Crippen LogP contribution in [0.3, 0.4) is 0 Å². The Hall–Kier alpha value is -3.74. The van der Waals surface area contributed by atoms with Gasteiger partial charge in [-0.25, -0.2) is 0 Å². The van der Waals surface area contributed by atoms with Crippen molar-refractivity contribution in [3.8, 4) is 0 Å². The monoisotopic (exact) mass is 578 g/mol. The van der Waals surface area contributed by atoms with Gasteiger partial charge < -0.3 is 64.6 Å². The summed E-state index contributed by atoms with van der Waals surface area (Å²) in [7, 11) is 0. The van der Waals surface area contributed by atoms with Gasteiger partial charge >= 0.3 is 23.9 Å². The predicted octanol–water partition coefficient (Wildman–Crippen LogP) is -3.03. The van der Waals surface area contributed by atoms with Gasteiger partial charge in [-0.15, -0.1) is 0 Å². The number of carboxylic acid groups (broad SMARTS) is 4. The molecule has 0 saturated carbocycles. The van der Waals surface area contributed by atoms with Crippen molar-refractivity contribution in [2.45, 2.75) is 75.5 Å². The van der Waals surface area contributed by atoms with Gasteiger partial charge in [-0.3, -0.25) is 30.0 Å². The molecule has 232 valence electrons.